The van der Waals surface area contributed by atoms with Gasteiger partial charge in [-0.2, -0.15) is 0 Å². The van der Waals surface area contributed by atoms with Gasteiger partial charge in [-0.1, -0.05) is 39.0 Å². The molecule has 9 unspecified atom stereocenters. The maximum atomic E-state index is 12.3. The zero-order valence-electron chi connectivity index (χ0n) is 22.9. The van der Waals surface area contributed by atoms with Crippen LogP contribution in [0.2, 0.25) is 0 Å². The van der Waals surface area contributed by atoms with E-state index in [4.69, 9.17) is 9.47 Å². The van der Waals surface area contributed by atoms with E-state index in [0.29, 0.717) is 40.9 Å². The molecule has 4 aliphatic carbocycles. The summed E-state index contributed by atoms with van der Waals surface area (Å²) in [5.41, 5.74) is 3.20. The van der Waals surface area contributed by atoms with Crippen LogP contribution in [0.1, 0.15) is 98.8 Å². The van der Waals surface area contributed by atoms with Gasteiger partial charge in [0.2, 0.25) is 0 Å². The monoisotopic (exact) mass is 482 g/mol. The van der Waals surface area contributed by atoms with E-state index < -0.39 is 0 Å². The minimum absolute atomic E-state index is 0.00508. The number of hydrogen-bond acceptors (Lipinski definition) is 4. The second-order valence-corrected chi connectivity index (χ2v) is 13.5. The number of hydrogen-bond donors (Lipinski definition) is 0. The van der Waals surface area contributed by atoms with Crippen LogP contribution in [-0.4, -0.2) is 25.2 Å². The van der Waals surface area contributed by atoms with Crippen molar-refractivity contribution in [1.29, 1.82) is 0 Å². The maximum Gasteiger partial charge on any atom is 0.333 e. The lowest BCUT2D eigenvalue weighted by molar-refractivity contribution is -0.155. The van der Waals surface area contributed by atoms with E-state index in [-0.39, 0.29) is 28.9 Å². The first-order chi connectivity index (χ1) is 16.5. The van der Waals surface area contributed by atoms with E-state index in [1.807, 2.05) is 6.92 Å². The molecule has 4 heteroatoms. The molecule has 0 aromatic rings. The first kappa shape index (κ1) is 25.1. The molecule has 0 saturated heterocycles. The molecule has 9 atom stereocenters. The Morgan fingerprint density at radius 1 is 1.20 bits per heavy atom. The van der Waals surface area contributed by atoms with Crippen LogP contribution in [0.3, 0.4) is 0 Å². The Kier molecular flexibility index (Phi) is 5.89. The number of rotatable bonds is 6. The molecule has 0 amide bonds. The summed E-state index contributed by atoms with van der Waals surface area (Å²) in [5, 5.41) is 0. The van der Waals surface area contributed by atoms with Crippen molar-refractivity contribution in [3.8, 4) is 0 Å². The first-order valence-electron chi connectivity index (χ1n) is 14.1. The van der Waals surface area contributed by atoms with E-state index in [0.717, 1.165) is 18.4 Å². The van der Waals surface area contributed by atoms with Gasteiger partial charge in [-0.05, 0) is 111 Å². The van der Waals surface area contributed by atoms with Crippen LogP contribution in [-0.2, 0) is 19.1 Å². The van der Waals surface area contributed by atoms with Crippen molar-refractivity contribution in [3.05, 3.63) is 23.8 Å². The van der Waals surface area contributed by atoms with Gasteiger partial charge in [-0.25, -0.2) is 4.79 Å². The number of cyclic esters (lactones) is 1. The fraction of sp³-hybridized carbons (Fsp3) is 0.806. The van der Waals surface area contributed by atoms with E-state index >= 15 is 0 Å². The molecule has 0 aromatic carbocycles. The van der Waals surface area contributed by atoms with Crippen molar-refractivity contribution >= 4 is 11.9 Å². The van der Waals surface area contributed by atoms with Gasteiger partial charge in [0.15, 0.2) is 0 Å². The molecule has 1 spiro atoms. The van der Waals surface area contributed by atoms with Gasteiger partial charge in [0.25, 0.3) is 0 Å². The first-order valence-corrected chi connectivity index (χ1v) is 14.1. The summed E-state index contributed by atoms with van der Waals surface area (Å²) in [6, 6.07) is 0. The minimum atomic E-state index is -0.131. The van der Waals surface area contributed by atoms with Crippen LogP contribution in [0.5, 0.6) is 0 Å². The van der Waals surface area contributed by atoms with Crippen LogP contribution < -0.4 is 0 Å². The average Bonchev–Trinajstić information content (AvgIpc) is 3.42. The second kappa shape index (κ2) is 8.21. The van der Waals surface area contributed by atoms with Gasteiger partial charge in [-0.15, -0.1) is 0 Å². The van der Waals surface area contributed by atoms with E-state index in [9.17, 15) is 9.59 Å². The highest BCUT2D eigenvalue weighted by Gasteiger charge is 2.80. The third-order valence-corrected chi connectivity index (χ3v) is 12.6. The number of carbonyl (C=O) groups excluding carboxylic acids is 2. The van der Waals surface area contributed by atoms with Crippen molar-refractivity contribution < 1.29 is 19.1 Å². The van der Waals surface area contributed by atoms with Crippen molar-refractivity contribution in [2.75, 3.05) is 7.11 Å². The predicted molar refractivity (Wildman–Crippen MR) is 137 cm³/mol. The van der Waals surface area contributed by atoms with E-state index in [1.54, 1.807) is 0 Å². The van der Waals surface area contributed by atoms with Gasteiger partial charge < -0.3 is 9.47 Å². The molecule has 35 heavy (non-hydrogen) atoms. The fourth-order valence-electron chi connectivity index (χ4n) is 10.5. The number of methoxy groups -OCH3 is 1. The molecular formula is C31H46O4. The summed E-state index contributed by atoms with van der Waals surface area (Å²) in [6.45, 7) is 16.0. The lowest BCUT2D eigenvalue weighted by Crippen LogP contribution is -2.55. The maximum absolute atomic E-state index is 12.3. The molecule has 1 aliphatic heterocycles. The number of allylic oxidation sites excluding steroid dienone is 1. The zero-order chi connectivity index (χ0) is 25.4. The van der Waals surface area contributed by atoms with Crippen LogP contribution in [0, 0.1) is 45.3 Å². The highest BCUT2D eigenvalue weighted by atomic mass is 16.5. The van der Waals surface area contributed by atoms with Crippen molar-refractivity contribution in [1.82, 2.24) is 0 Å². The van der Waals surface area contributed by atoms with Crippen LogP contribution in [0.25, 0.3) is 0 Å². The molecule has 5 aliphatic rings. The lowest BCUT2D eigenvalue weighted by atomic mass is 9.43. The topological polar surface area (TPSA) is 52.6 Å². The van der Waals surface area contributed by atoms with Gasteiger partial charge in [0.1, 0.15) is 6.10 Å². The van der Waals surface area contributed by atoms with Gasteiger partial charge in [0, 0.05) is 18.4 Å². The molecule has 4 nitrogen and oxygen atoms in total. The molecule has 4 saturated carbocycles. The van der Waals surface area contributed by atoms with Gasteiger partial charge in [0.05, 0.1) is 7.11 Å². The SMILES string of the molecule is C=C(C)C1CCC2C3(C)CCC(C(C)C4CC=C(C)C(=O)O4)C3(C)CCC23CC13CCC(=O)OC. The molecule has 0 bridgehead atoms. The molecule has 0 radical (unpaired) electrons. The normalized spacial score (nSPS) is 46.9. The largest absolute Gasteiger partial charge is 0.469 e. The molecule has 194 valence electrons. The predicted octanol–water partition coefficient (Wildman–Crippen LogP) is 7.03. The standard InChI is InChI=1S/C31H46O4/c1-19(2)22-9-11-25-29(6)14-12-23(21(4)24-10-8-20(3)27(33)35-24)28(29,5)16-17-31(25)18-30(22,31)15-13-26(32)34-7/h8,21-25H,1,9-18H2,2-7H3. The molecule has 0 aromatic heterocycles. The molecule has 0 N–H and O–H groups in total. The summed E-state index contributed by atoms with van der Waals surface area (Å²) >= 11 is 0. The Labute approximate surface area is 212 Å². The quantitative estimate of drug-likeness (QED) is 0.301. The third-order valence-electron chi connectivity index (χ3n) is 12.6. The van der Waals surface area contributed by atoms with Gasteiger partial charge >= 0.3 is 11.9 Å². The number of carbonyl (C=O) groups is 2. The summed E-state index contributed by atoms with van der Waals surface area (Å²) in [5.74, 6) is 1.99. The van der Waals surface area contributed by atoms with Crippen LogP contribution in [0.15, 0.2) is 23.8 Å². The molecule has 1 heterocycles. The van der Waals surface area contributed by atoms with Crippen molar-refractivity contribution in [2.45, 2.75) is 105 Å². The smallest absolute Gasteiger partial charge is 0.333 e. The Morgan fingerprint density at radius 3 is 2.60 bits per heavy atom. The molecular weight excluding hydrogens is 436 g/mol. The third kappa shape index (κ3) is 3.29. The van der Waals surface area contributed by atoms with Crippen LogP contribution >= 0.6 is 0 Å². The average molecular weight is 483 g/mol. The van der Waals surface area contributed by atoms with Crippen LogP contribution in [0.4, 0.5) is 0 Å². The fourth-order valence-corrected chi connectivity index (χ4v) is 10.5. The highest BCUT2D eigenvalue weighted by molar-refractivity contribution is 5.88. The Bertz CT molecular complexity index is 965. The summed E-state index contributed by atoms with van der Waals surface area (Å²) in [7, 11) is 1.51. The number of esters is 2. The zero-order valence-corrected chi connectivity index (χ0v) is 22.9. The van der Waals surface area contributed by atoms with Crippen molar-refractivity contribution in [3.63, 3.8) is 0 Å². The summed E-state index contributed by atoms with van der Waals surface area (Å²) in [4.78, 5) is 24.5. The highest BCUT2D eigenvalue weighted by Crippen LogP contribution is 2.87. The molecule has 5 rings (SSSR count). The second-order valence-electron chi connectivity index (χ2n) is 13.5. The summed E-state index contributed by atoms with van der Waals surface area (Å²) < 4.78 is 11.0. The molecule has 4 fully saturated rings. The van der Waals surface area contributed by atoms with Crippen molar-refractivity contribution in [2.24, 2.45) is 45.3 Å². The van der Waals surface area contributed by atoms with Gasteiger partial charge in [-0.3, -0.25) is 4.79 Å². The number of ether oxygens (including phenoxy) is 2. The van der Waals surface area contributed by atoms with E-state index in [2.05, 4.69) is 40.3 Å². The lowest BCUT2D eigenvalue weighted by Gasteiger charge is -2.61. The number of fused-ring (bicyclic) bond motifs is 2. The summed E-state index contributed by atoms with van der Waals surface area (Å²) in [6.07, 6.45) is 13.2. The Morgan fingerprint density at radius 2 is 1.94 bits per heavy atom. The Balaban J connectivity index is 1.42. The Hall–Kier alpha value is -1.58. The minimum Gasteiger partial charge on any atom is -0.469 e. The van der Waals surface area contributed by atoms with E-state index in [1.165, 1.54) is 57.6 Å².